The summed E-state index contributed by atoms with van der Waals surface area (Å²) < 4.78 is 48.4. The lowest BCUT2D eigenvalue weighted by molar-refractivity contribution is -0.146. The van der Waals surface area contributed by atoms with E-state index >= 15 is 0 Å². The molecule has 0 bridgehead atoms. The number of unbranched alkanes of at least 4 members (excludes halogenated alkanes) is 2. The molecule has 0 saturated carbocycles. The van der Waals surface area contributed by atoms with Crippen LogP contribution in [0.5, 0.6) is 0 Å². The van der Waals surface area contributed by atoms with Gasteiger partial charge in [0.2, 0.25) is 11.8 Å². The van der Waals surface area contributed by atoms with Crippen molar-refractivity contribution >= 4 is 23.8 Å². The van der Waals surface area contributed by atoms with Gasteiger partial charge in [0, 0.05) is 111 Å². The van der Waals surface area contributed by atoms with Crippen LogP contribution < -0.4 is 10.6 Å². The van der Waals surface area contributed by atoms with Gasteiger partial charge in [0.1, 0.15) is 19.8 Å². The van der Waals surface area contributed by atoms with Crippen molar-refractivity contribution in [3.63, 3.8) is 0 Å². The van der Waals surface area contributed by atoms with Crippen LogP contribution in [-0.2, 0) is 75.0 Å². The van der Waals surface area contributed by atoms with Gasteiger partial charge in [0.05, 0.1) is 19.8 Å². The monoisotopic (exact) mass is 945 g/mol. The average Bonchev–Trinajstić information content (AvgIpc) is 3.34. The molecule has 0 heterocycles. The van der Waals surface area contributed by atoms with Crippen LogP contribution in [0.2, 0.25) is 0 Å². The van der Waals surface area contributed by atoms with E-state index < -0.39 is 0 Å². The number of rotatable bonds is 44. The summed E-state index contributed by atoms with van der Waals surface area (Å²) in [6.07, 6.45) is 13.9. The number of carbonyl (C=O) groups excluding carboxylic acids is 4. The lowest BCUT2D eigenvalue weighted by atomic mass is 10.2. The zero-order valence-corrected chi connectivity index (χ0v) is 39.9. The molecule has 0 aliphatic rings. The topological polar surface area (TPSA) is 196 Å². The molecule has 378 valence electrons. The van der Waals surface area contributed by atoms with Crippen molar-refractivity contribution in [2.75, 3.05) is 112 Å². The predicted octanol–water partition coefficient (Wildman–Crippen LogP) is 5.90. The molecule has 2 rings (SSSR count). The molecule has 2 aromatic carbocycles. The Kier molecular flexibility index (Phi) is 43.4. The van der Waals surface area contributed by atoms with Crippen LogP contribution in [0.3, 0.4) is 0 Å². The smallest absolute Gasteiger partial charge is 0.306 e. The maximum atomic E-state index is 11.8. The van der Waals surface area contributed by atoms with Crippen LogP contribution in [0.4, 0.5) is 0 Å². The number of amides is 2. The molecule has 0 aromatic heterocycles. The minimum Gasteiger partial charge on any atom is -0.461 e. The van der Waals surface area contributed by atoms with Crippen molar-refractivity contribution in [1.82, 2.24) is 10.6 Å². The largest absolute Gasteiger partial charge is 0.461 e. The number of benzene rings is 2. The normalized spacial score (nSPS) is 10.7. The van der Waals surface area contributed by atoms with Crippen molar-refractivity contribution in [1.29, 1.82) is 0 Å². The molecular formula is C51H80N2O14. The van der Waals surface area contributed by atoms with Gasteiger partial charge in [0.25, 0.3) is 0 Å². The second-order valence-electron chi connectivity index (χ2n) is 15.2. The molecule has 67 heavy (non-hydrogen) atoms. The highest BCUT2D eigenvalue weighted by Crippen LogP contribution is 2.07. The molecule has 16 heteroatoms. The van der Waals surface area contributed by atoms with Crippen LogP contribution in [0.1, 0.15) is 101 Å². The van der Waals surface area contributed by atoms with Crippen molar-refractivity contribution in [3.8, 4) is 12.3 Å². The zero-order chi connectivity index (χ0) is 48.4. The molecule has 0 fully saturated rings. The van der Waals surface area contributed by atoms with E-state index in [-0.39, 0.29) is 43.6 Å². The van der Waals surface area contributed by atoms with Crippen LogP contribution in [0, 0.1) is 12.3 Å². The van der Waals surface area contributed by atoms with Gasteiger partial charge in [-0.05, 0) is 75.3 Å². The summed E-state index contributed by atoms with van der Waals surface area (Å²) in [6.45, 7) is 9.94. The van der Waals surface area contributed by atoms with Crippen molar-refractivity contribution < 1.29 is 66.9 Å². The van der Waals surface area contributed by atoms with E-state index in [1.165, 1.54) is 0 Å². The quantitative estimate of drug-likeness (QED) is 0.0404. The number of terminal acetylenes is 1. The van der Waals surface area contributed by atoms with Crippen molar-refractivity contribution in [3.05, 3.63) is 71.8 Å². The van der Waals surface area contributed by atoms with Crippen LogP contribution >= 0.6 is 0 Å². The fourth-order valence-electron chi connectivity index (χ4n) is 5.66. The number of hydrogen-bond donors (Lipinski definition) is 3. The Morgan fingerprint density at radius 1 is 0.433 bits per heavy atom. The minimum absolute atomic E-state index is 0.0306. The first kappa shape index (κ1) is 60.6. The third kappa shape index (κ3) is 43.9. The highest BCUT2D eigenvalue weighted by molar-refractivity contribution is 5.76. The number of aliphatic hydroxyl groups is 1. The summed E-state index contributed by atoms with van der Waals surface area (Å²) in [5.74, 6) is 1.88. The Morgan fingerprint density at radius 2 is 0.761 bits per heavy atom. The molecule has 2 aromatic rings. The molecule has 0 radical (unpaired) electrons. The molecule has 0 atom stereocenters. The first-order valence-electron chi connectivity index (χ1n) is 24.0. The van der Waals surface area contributed by atoms with Crippen LogP contribution in [-0.4, -0.2) is 141 Å². The molecule has 0 saturated heterocycles. The third-order valence-corrected chi connectivity index (χ3v) is 9.21. The highest BCUT2D eigenvalue weighted by Gasteiger charge is 2.07. The summed E-state index contributed by atoms with van der Waals surface area (Å²) in [5, 5.41) is 14.3. The van der Waals surface area contributed by atoms with Gasteiger partial charge in [-0.3, -0.25) is 19.2 Å². The summed E-state index contributed by atoms with van der Waals surface area (Å²) in [4.78, 5) is 47.1. The van der Waals surface area contributed by atoms with E-state index in [2.05, 4.69) is 16.6 Å². The number of hydrogen-bond acceptors (Lipinski definition) is 14. The molecule has 2 amide bonds. The molecule has 16 nitrogen and oxygen atoms in total. The molecule has 0 spiro atoms. The Labute approximate surface area is 399 Å². The summed E-state index contributed by atoms with van der Waals surface area (Å²) in [7, 11) is 0. The fraction of sp³-hybridized carbons (Fsp3) is 0.647. The number of ether oxygens (including phenoxy) is 9. The Balaban J connectivity index is 0.000000673. The van der Waals surface area contributed by atoms with Crippen LogP contribution in [0.25, 0.3) is 0 Å². The number of aliphatic hydroxyl groups excluding tert-OH is 1. The maximum absolute atomic E-state index is 11.8. The highest BCUT2D eigenvalue weighted by atomic mass is 16.5. The van der Waals surface area contributed by atoms with E-state index in [9.17, 15) is 19.2 Å². The van der Waals surface area contributed by atoms with E-state index in [1.807, 2.05) is 60.7 Å². The summed E-state index contributed by atoms with van der Waals surface area (Å²) >= 11 is 0. The number of carbonyl (C=O) groups is 4. The second-order valence-corrected chi connectivity index (χ2v) is 15.2. The van der Waals surface area contributed by atoms with Gasteiger partial charge < -0.3 is 58.4 Å². The Hall–Kier alpha value is -4.44. The second kappa shape index (κ2) is 48.0. The third-order valence-electron chi connectivity index (χ3n) is 9.21. The standard InChI is InChI=1S/C27H41NO7.C24H39NO7/c1-2-16-31-17-8-18-32-19-9-20-33-21-10-22-34-23-15-28-26(29)13-6-7-14-27(30)35-24-25-11-4-3-5-12-25;26-14-6-15-29-16-7-17-30-18-8-19-31-20-13-25-23(27)11-4-5-12-24(28)32-21-22-9-2-1-3-10-22/h1,3-5,11-12H,6-10,13-24H2,(H,28,29);1-3,9-10,26H,4-8,11-21H2,(H,25,27). The fourth-order valence-corrected chi connectivity index (χ4v) is 5.66. The van der Waals surface area contributed by atoms with Gasteiger partial charge >= 0.3 is 11.9 Å². The molecule has 3 N–H and O–H groups in total. The molecule has 0 aliphatic heterocycles. The number of nitrogens with one attached hydrogen (secondary N) is 2. The molecular weight excluding hydrogens is 865 g/mol. The van der Waals surface area contributed by atoms with Gasteiger partial charge in [-0.2, -0.15) is 0 Å². The molecule has 0 unspecified atom stereocenters. The van der Waals surface area contributed by atoms with Gasteiger partial charge in [-0.1, -0.05) is 66.6 Å². The first-order chi connectivity index (χ1) is 32.9. The van der Waals surface area contributed by atoms with Gasteiger partial charge in [0.15, 0.2) is 0 Å². The zero-order valence-electron chi connectivity index (χ0n) is 39.9. The number of esters is 2. The van der Waals surface area contributed by atoms with E-state index in [0.29, 0.717) is 163 Å². The average molecular weight is 945 g/mol. The van der Waals surface area contributed by atoms with Crippen molar-refractivity contribution in [2.24, 2.45) is 0 Å². The SMILES string of the molecule is C#CCOCCCOCCCOCCCOCCNC(=O)CCCCC(=O)OCc1ccccc1.O=C(CCCCC(=O)OCc1ccccc1)NCCOCCCOCCCOCCCO. The van der Waals surface area contributed by atoms with Crippen molar-refractivity contribution in [2.45, 2.75) is 103 Å². The maximum Gasteiger partial charge on any atom is 0.306 e. The van der Waals surface area contributed by atoms with Crippen LogP contribution in [0.15, 0.2) is 60.7 Å². The lowest BCUT2D eigenvalue weighted by Crippen LogP contribution is -2.27. The summed E-state index contributed by atoms with van der Waals surface area (Å²) in [5.41, 5.74) is 1.93. The Morgan fingerprint density at radius 3 is 1.12 bits per heavy atom. The van der Waals surface area contributed by atoms with Gasteiger partial charge in [-0.15, -0.1) is 6.42 Å². The minimum atomic E-state index is -0.238. The predicted molar refractivity (Wildman–Crippen MR) is 255 cm³/mol. The van der Waals surface area contributed by atoms with E-state index in [4.69, 9.17) is 54.2 Å². The van der Waals surface area contributed by atoms with E-state index in [1.54, 1.807) is 0 Å². The first-order valence-corrected chi connectivity index (χ1v) is 24.0. The summed E-state index contributed by atoms with van der Waals surface area (Å²) in [6, 6.07) is 19.1. The molecule has 0 aliphatic carbocycles. The van der Waals surface area contributed by atoms with E-state index in [0.717, 1.165) is 43.2 Å². The van der Waals surface area contributed by atoms with Gasteiger partial charge in [-0.25, -0.2) is 0 Å². The Bertz CT molecular complexity index is 1500. The lowest BCUT2D eigenvalue weighted by Gasteiger charge is -2.08.